The number of aromatic nitrogens is 2. The number of hydrogen-bond acceptors (Lipinski definition) is 5. The summed E-state index contributed by atoms with van der Waals surface area (Å²) in [5.41, 5.74) is 0.910. The largest absolute Gasteiger partial charge is 0.341 e. The molecule has 2 fully saturated rings. The lowest BCUT2D eigenvalue weighted by atomic mass is 10.2. The summed E-state index contributed by atoms with van der Waals surface area (Å²) in [6.07, 6.45) is 4.43. The normalized spacial score (nSPS) is 17.3. The van der Waals surface area contributed by atoms with Gasteiger partial charge in [0.15, 0.2) is 5.69 Å². The van der Waals surface area contributed by atoms with Crippen molar-refractivity contribution < 1.29 is 9.59 Å². The fourth-order valence-corrected chi connectivity index (χ4v) is 3.99. The lowest BCUT2D eigenvalue weighted by Crippen LogP contribution is -2.38. The van der Waals surface area contributed by atoms with Crippen molar-refractivity contribution in [1.29, 1.82) is 0 Å². The van der Waals surface area contributed by atoms with Crippen LogP contribution in [0.25, 0.3) is 0 Å². The SMILES string of the molecule is O=C(c1ccccc1)N1CCCN(C(=O)c2nc(N3CCCC3)ncc2Cl)CC1. The van der Waals surface area contributed by atoms with E-state index in [0.29, 0.717) is 44.1 Å². The molecule has 2 aromatic rings. The highest BCUT2D eigenvalue weighted by Crippen LogP contribution is 2.21. The van der Waals surface area contributed by atoms with Gasteiger partial charge in [-0.1, -0.05) is 29.8 Å². The molecule has 3 heterocycles. The Hall–Kier alpha value is -2.67. The van der Waals surface area contributed by atoms with Crippen LogP contribution in [0.3, 0.4) is 0 Å². The van der Waals surface area contributed by atoms with Gasteiger partial charge in [0.1, 0.15) is 0 Å². The molecule has 2 amide bonds. The van der Waals surface area contributed by atoms with Crippen molar-refractivity contribution >= 4 is 29.4 Å². The first-order chi connectivity index (χ1) is 14.1. The Balaban J connectivity index is 1.46. The van der Waals surface area contributed by atoms with Crippen molar-refractivity contribution in [3.05, 3.63) is 52.8 Å². The van der Waals surface area contributed by atoms with Crippen molar-refractivity contribution in [2.45, 2.75) is 19.3 Å². The summed E-state index contributed by atoms with van der Waals surface area (Å²) < 4.78 is 0. The quantitative estimate of drug-likeness (QED) is 0.773. The van der Waals surface area contributed by atoms with Gasteiger partial charge in [0.25, 0.3) is 11.8 Å². The number of hydrogen-bond donors (Lipinski definition) is 0. The van der Waals surface area contributed by atoms with Crippen molar-refractivity contribution in [3.63, 3.8) is 0 Å². The molecule has 0 aliphatic carbocycles. The predicted molar refractivity (Wildman–Crippen MR) is 111 cm³/mol. The zero-order valence-corrected chi connectivity index (χ0v) is 17.0. The van der Waals surface area contributed by atoms with Crippen LogP contribution in [0, 0.1) is 0 Å². The van der Waals surface area contributed by atoms with E-state index in [1.807, 2.05) is 30.3 Å². The molecule has 0 atom stereocenters. The van der Waals surface area contributed by atoms with Crippen LogP contribution in [0.2, 0.25) is 5.02 Å². The van der Waals surface area contributed by atoms with Gasteiger partial charge in [0.2, 0.25) is 5.95 Å². The highest BCUT2D eigenvalue weighted by molar-refractivity contribution is 6.33. The van der Waals surface area contributed by atoms with Crippen LogP contribution in [0.1, 0.15) is 40.1 Å². The first kappa shape index (κ1) is 19.6. The monoisotopic (exact) mass is 413 g/mol. The van der Waals surface area contributed by atoms with Gasteiger partial charge >= 0.3 is 0 Å². The van der Waals surface area contributed by atoms with Crippen molar-refractivity contribution in [3.8, 4) is 0 Å². The highest BCUT2D eigenvalue weighted by atomic mass is 35.5. The molecule has 7 nitrogen and oxygen atoms in total. The molecular formula is C21H24ClN5O2. The van der Waals surface area contributed by atoms with E-state index in [1.54, 1.807) is 9.80 Å². The number of carbonyl (C=O) groups is 2. The minimum atomic E-state index is -0.202. The standard InChI is InChI=1S/C21H24ClN5O2/c22-17-15-23-21(27-9-4-5-10-27)24-18(17)20(29)26-12-6-11-25(13-14-26)19(28)16-7-2-1-3-8-16/h1-3,7-8,15H,4-6,9-14H2. The molecule has 152 valence electrons. The lowest BCUT2D eigenvalue weighted by molar-refractivity contribution is 0.0716. The molecule has 0 radical (unpaired) electrons. The number of benzene rings is 1. The van der Waals surface area contributed by atoms with E-state index in [9.17, 15) is 9.59 Å². The smallest absolute Gasteiger partial charge is 0.274 e. The fourth-order valence-electron chi connectivity index (χ4n) is 3.81. The van der Waals surface area contributed by atoms with Crippen LogP contribution in [0.5, 0.6) is 0 Å². The van der Waals surface area contributed by atoms with Crippen molar-refractivity contribution in [2.75, 3.05) is 44.2 Å². The molecule has 1 aromatic carbocycles. The Morgan fingerprint density at radius 2 is 1.48 bits per heavy atom. The summed E-state index contributed by atoms with van der Waals surface area (Å²) in [7, 11) is 0. The maximum absolute atomic E-state index is 13.1. The Kier molecular flexibility index (Phi) is 5.94. The zero-order valence-electron chi connectivity index (χ0n) is 16.3. The van der Waals surface area contributed by atoms with Crippen LogP contribution in [0.15, 0.2) is 36.5 Å². The molecule has 0 saturated carbocycles. The molecule has 2 aliphatic heterocycles. The minimum absolute atomic E-state index is 0.00344. The van der Waals surface area contributed by atoms with E-state index in [2.05, 4.69) is 14.9 Å². The van der Waals surface area contributed by atoms with Crippen LogP contribution >= 0.6 is 11.6 Å². The van der Waals surface area contributed by atoms with Gasteiger partial charge in [-0.15, -0.1) is 0 Å². The second-order valence-corrected chi connectivity index (χ2v) is 7.77. The number of anilines is 1. The van der Waals surface area contributed by atoms with E-state index in [1.165, 1.54) is 6.20 Å². The molecule has 29 heavy (non-hydrogen) atoms. The van der Waals surface area contributed by atoms with Gasteiger partial charge in [0, 0.05) is 44.8 Å². The Morgan fingerprint density at radius 1 is 0.828 bits per heavy atom. The summed E-state index contributed by atoms with van der Waals surface area (Å²) in [6, 6.07) is 9.24. The van der Waals surface area contributed by atoms with Crippen LogP contribution < -0.4 is 4.90 Å². The topological polar surface area (TPSA) is 69.6 Å². The molecular weight excluding hydrogens is 390 g/mol. The first-order valence-electron chi connectivity index (χ1n) is 10.0. The molecule has 8 heteroatoms. The van der Waals surface area contributed by atoms with Gasteiger partial charge in [-0.3, -0.25) is 9.59 Å². The van der Waals surface area contributed by atoms with Crippen LogP contribution in [-0.2, 0) is 0 Å². The van der Waals surface area contributed by atoms with Gasteiger partial charge in [-0.05, 0) is 31.4 Å². The van der Waals surface area contributed by atoms with E-state index < -0.39 is 0 Å². The van der Waals surface area contributed by atoms with Crippen LogP contribution in [-0.4, -0.2) is 70.9 Å². The maximum Gasteiger partial charge on any atom is 0.274 e. The zero-order chi connectivity index (χ0) is 20.2. The van der Waals surface area contributed by atoms with Gasteiger partial charge in [-0.25, -0.2) is 9.97 Å². The van der Waals surface area contributed by atoms with E-state index in [4.69, 9.17) is 11.6 Å². The average molecular weight is 414 g/mol. The Morgan fingerprint density at radius 3 is 2.17 bits per heavy atom. The number of rotatable bonds is 3. The average Bonchev–Trinajstić information content (AvgIpc) is 3.18. The predicted octanol–water partition coefficient (Wildman–Crippen LogP) is 2.72. The number of nitrogens with zero attached hydrogens (tertiary/aromatic N) is 5. The second-order valence-electron chi connectivity index (χ2n) is 7.36. The number of amides is 2. The molecule has 1 aromatic heterocycles. The highest BCUT2D eigenvalue weighted by Gasteiger charge is 2.27. The third-order valence-electron chi connectivity index (χ3n) is 5.41. The van der Waals surface area contributed by atoms with Crippen molar-refractivity contribution in [1.82, 2.24) is 19.8 Å². The Bertz CT molecular complexity index is 886. The summed E-state index contributed by atoms with van der Waals surface area (Å²) in [6.45, 7) is 3.92. The Labute approximate surface area is 175 Å². The maximum atomic E-state index is 13.1. The van der Waals surface area contributed by atoms with Gasteiger partial charge in [0.05, 0.1) is 11.2 Å². The number of halogens is 1. The summed E-state index contributed by atoms with van der Waals surface area (Å²) in [5, 5.41) is 0.263. The molecule has 0 bridgehead atoms. The molecule has 0 N–H and O–H groups in total. The number of carbonyl (C=O) groups excluding carboxylic acids is 2. The fraction of sp³-hybridized carbons (Fsp3) is 0.429. The van der Waals surface area contributed by atoms with Gasteiger partial charge < -0.3 is 14.7 Å². The lowest BCUT2D eigenvalue weighted by Gasteiger charge is -2.23. The summed E-state index contributed by atoms with van der Waals surface area (Å²) in [4.78, 5) is 40.2. The van der Waals surface area contributed by atoms with E-state index in [0.717, 1.165) is 25.9 Å². The molecule has 0 spiro atoms. The third-order valence-corrected chi connectivity index (χ3v) is 5.69. The molecule has 2 aliphatic rings. The minimum Gasteiger partial charge on any atom is -0.341 e. The molecule has 0 unspecified atom stereocenters. The summed E-state index contributed by atoms with van der Waals surface area (Å²) in [5.74, 6) is 0.356. The third kappa shape index (κ3) is 4.34. The first-order valence-corrected chi connectivity index (χ1v) is 10.4. The molecule has 4 rings (SSSR count). The van der Waals surface area contributed by atoms with Crippen LogP contribution in [0.4, 0.5) is 5.95 Å². The summed E-state index contributed by atoms with van der Waals surface area (Å²) >= 11 is 6.26. The van der Waals surface area contributed by atoms with E-state index >= 15 is 0 Å². The van der Waals surface area contributed by atoms with E-state index in [-0.39, 0.29) is 22.5 Å². The second kappa shape index (κ2) is 8.78. The van der Waals surface area contributed by atoms with Crippen molar-refractivity contribution in [2.24, 2.45) is 0 Å². The van der Waals surface area contributed by atoms with Gasteiger partial charge in [-0.2, -0.15) is 0 Å². The molecule has 2 saturated heterocycles.